The van der Waals surface area contributed by atoms with Crippen LogP contribution in [0.15, 0.2) is 40.6 Å². The zero-order valence-electron chi connectivity index (χ0n) is 19.1. The number of pyridine rings is 1. The molecule has 35 heavy (non-hydrogen) atoms. The Labute approximate surface area is 204 Å². The van der Waals surface area contributed by atoms with Crippen molar-refractivity contribution < 1.29 is 18.3 Å². The second-order valence-corrected chi connectivity index (χ2v) is 10.4. The first-order valence-electron chi connectivity index (χ1n) is 10.1. The number of rotatable bonds is 5. The van der Waals surface area contributed by atoms with Crippen LogP contribution in [-0.4, -0.2) is 54.0 Å². The fraction of sp³-hybridized carbons (Fsp3) is 0.182. The second kappa shape index (κ2) is 8.90. The lowest BCUT2D eigenvalue weighted by Crippen LogP contribution is -2.21. The fourth-order valence-electron chi connectivity index (χ4n) is 3.46. The molecule has 11 nitrogen and oxygen atoms in total. The van der Waals surface area contributed by atoms with E-state index < -0.39 is 15.9 Å². The summed E-state index contributed by atoms with van der Waals surface area (Å²) < 4.78 is 30.6. The lowest BCUT2D eigenvalue weighted by molar-refractivity contribution is 0.0825. The molecule has 4 rings (SSSR count). The number of benzene rings is 2. The van der Waals surface area contributed by atoms with Gasteiger partial charge in [0.25, 0.3) is 5.91 Å². The van der Waals surface area contributed by atoms with Crippen molar-refractivity contribution in [3.8, 4) is 11.8 Å². The van der Waals surface area contributed by atoms with Crippen LogP contribution in [0.3, 0.4) is 0 Å². The Morgan fingerprint density at radius 1 is 1.23 bits per heavy atom. The SMILES string of the molecule is Cc1nc2nsc(N=Nc3cc(C(=O)N(C)C)c(O)c4cccc(NS(C)(=O)=O)c34)c2cc1C#N. The van der Waals surface area contributed by atoms with Crippen LogP contribution >= 0.6 is 11.5 Å². The van der Waals surface area contributed by atoms with Gasteiger partial charge >= 0.3 is 0 Å². The average Bonchev–Trinajstić information content (AvgIpc) is 3.18. The van der Waals surface area contributed by atoms with E-state index in [1.165, 1.54) is 17.0 Å². The Morgan fingerprint density at radius 3 is 2.63 bits per heavy atom. The van der Waals surface area contributed by atoms with E-state index in [-0.39, 0.29) is 33.5 Å². The maximum Gasteiger partial charge on any atom is 0.257 e. The van der Waals surface area contributed by atoms with Gasteiger partial charge in [-0.15, -0.1) is 10.2 Å². The van der Waals surface area contributed by atoms with Crippen molar-refractivity contribution in [1.29, 1.82) is 5.26 Å². The van der Waals surface area contributed by atoms with Crippen LogP contribution in [-0.2, 0) is 10.0 Å². The Kier molecular flexibility index (Phi) is 6.10. The summed E-state index contributed by atoms with van der Waals surface area (Å²) in [7, 11) is -0.579. The van der Waals surface area contributed by atoms with Crippen LogP contribution < -0.4 is 4.72 Å². The van der Waals surface area contributed by atoms with Crippen LogP contribution in [0, 0.1) is 18.3 Å². The molecule has 0 radical (unpaired) electrons. The molecule has 1 amide bonds. The van der Waals surface area contributed by atoms with Crippen LogP contribution in [0.4, 0.5) is 16.4 Å². The van der Waals surface area contributed by atoms with E-state index in [2.05, 4.69) is 30.4 Å². The molecule has 0 fully saturated rings. The van der Waals surface area contributed by atoms with E-state index in [0.29, 0.717) is 27.3 Å². The molecule has 2 heterocycles. The third-order valence-electron chi connectivity index (χ3n) is 5.05. The number of fused-ring (bicyclic) bond motifs is 2. The Hall–Kier alpha value is -4.15. The number of aromatic hydroxyl groups is 1. The quantitative estimate of drug-likeness (QED) is 0.381. The zero-order chi connectivity index (χ0) is 25.5. The average molecular weight is 510 g/mol. The lowest BCUT2D eigenvalue weighted by Gasteiger charge is -2.16. The molecule has 4 aromatic rings. The summed E-state index contributed by atoms with van der Waals surface area (Å²) in [5, 5.41) is 30.2. The number of sulfonamides is 1. The highest BCUT2D eigenvalue weighted by molar-refractivity contribution is 7.92. The van der Waals surface area contributed by atoms with Crippen molar-refractivity contribution in [2.24, 2.45) is 10.2 Å². The molecule has 0 saturated carbocycles. The van der Waals surface area contributed by atoms with Crippen molar-refractivity contribution in [2.75, 3.05) is 25.1 Å². The number of anilines is 1. The number of hydrogen-bond acceptors (Lipinski definition) is 10. The summed E-state index contributed by atoms with van der Waals surface area (Å²) in [5.74, 6) is -0.778. The number of carbonyl (C=O) groups is 1. The minimum absolute atomic E-state index is 0.0221. The molecule has 2 N–H and O–H groups in total. The maximum atomic E-state index is 12.7. The minimum Gasteiger partial charge on any atom is -0.506 e. The molecule has 0 atom stereocenters. The third-order valence-corrected chi connectivity index (χ3v) is 6.38. The molecule has 2 aromatic carbocycles. The van der Waals surface area contributed by atoms with Crippen LogP contribution in [0.25, 0.3) is 21.8 Å². The maximum absolute atomic E-state index is 12.7. The summed E-state index contributed by atoms with van der Waals surface area (Å²) in [6.45, 7) is 1.71. The van der Waals surface area contributed by atoms with Crippen LogP contribution in [0.1, 0.15) is 21.6 Å². The molecule has 0 bridgehead atoms. The number of nitrogens with one attached hydrogen (secondary N) is 1. The number of aryl methyl sites for hydroxylation is 1. The van der Waals surface area contributed by atoms with Gasteiger partial charge < -0.3 is 10.0 Å². The predicted octanol–water partition coefficient (Wildman–Crippen LogP) is 4.22. The summed E-state index contributed by atoms with van der Waals surface area (Å²) >= 11 is 1.03. The van der Waals surface area contributed by atoms with E-state index >= 15 is 0 Å². The van der Waals surface area contributed by atoms with Crippen LogP contribution in [0.2, 0.25) is 0 Å². The van der Waals surface area contributed by atoms with Crippen molar-refractivity contribution >= 4 is 65.6 Å². The molecule has 0 spiro atoms. The van der Waals surface area contributed by atoms with E-state index in [0.717, 1.165) is 17.8 Å². The van der Waals surface area contributed by atoms with Gasteiger partial charge in [-0.3, -0.25) is 9.52 Å². The monoisotopic (exact) mass is 509 g/mol. The van der Waals surface area contributed by atoms with E-state index in [4.69, 9.17) is 0 Å². The number of nitrogens with zero attached hydrogens (tertiary/aromatic N) is 6. The van der Waals surface area contributed by atoms with Gasteiger partial charge in [0.15, 0.2) is 10.6 Å². The largest absolute Gasteiger partial charge is 0.506 e. The van der Waals surface area contributed by atoms with E-state index in [9.17, 15) is 23.6 Å². The standard InChI is InChI=1S/C22H19N7O4S2/c1-11-12(10-23)8-15-20(24-11)27-34-21(15)26-25-17-9-14(22(31)29(2)3)19(30)13-6-5-7-16(18(13)17)28-35(4,32)33/h5-9,28,30H,1-4H3. The fourth-order valence-corrected chi connectivity index (χ4v) is 4.66. The van der Waals surface area contributed by atoms with E-state index in [1.807, 2.05) is 0 Å². The molecule has 0 aliphatic heterocycles. The predicted molar refractivity (Wildman–Crippen MR) is 133 cm³/mol. The Balaban J connectivity index is 1.97. The van der Waals surface area contributed by atoms with Crippen molar-refractivity contribution in [2.45, 2.75) is 6.92 Å². The summed E-state index contributed by atoms with van der Waals surface area (Å²) in [6, 6.07) is 9.67. The minimum atomic E-state index is -3.66. The highest BCUT2D eigenvalue weighted by Gasteiger charge is 2.21. The van der Waals surface area contributed by atoms with Gasteiger partial charge in [-0.05, 0) is 36.7 Å². The first kappa shape index (κ1) is 24.0. The van der Waals surface area contributed by atoms with Gasteiger partial charge in [-0.25, -0.2) is 13.4 Å². The summed E-state index contributed by atoms with van der Waals surface area (Å²) in [4.78, 5) is 18.3. The lowest BCUT2D eigenvalue weighted by atomic mass is 10.0. The van der Waals surface area contributed by atoms with Crippen LogP contribution in [0.5, 0.6) is 5.75 Å². The van der Waals surface area contributed by atoms with Crippen molar-refractivity contribution in [3.05, 3.63) is 47.2 Å². The van der Waals surface area contributed by atoms with E-state index in [1.54, 1.807) is 39.2 Å². The van der Waals surface area contributed by atoms with Gasteiger partial charge in [0.05, 0.1) is 39.8 Å². The number of nitriles is 1. The number of amides is 1. The molecule has 0 unspecified atom stereocenters. The molecule has 13 heteroatoms. The molecule has 0 saturated heterocycles. The van der Waals surface area contributed by atoms with Gasteiger partial charge in [0.1, 0.15) is 11.8 Å². The molecule has 0 aliphatic rings. The number of hydrogen-bond donors (Lipinski definition) is 2. The second-order valence-electron chi connectivity index (χ2n) is 7.89. The summed E-state index contributed by atoms with van der Waals surface area (Å²) in [6.07, 6.45) is 1.00. The zero-order valence-corrected chi connectivity index (χ0v) is 20.7. The Bertz CT molecular complexity index is 1690. The molecule has 2 aromatic heterocycles. The van der Waals surface area contributed by atoms with Gasteiger partial charge in [-0.2, -0.15) is 9.64 Å². The highest BCUT2D eigenvalue weighted by Crippen LogP contribution is 2.42. The smallest absolute Gasteiger partial charge is 0.257 e. The summed E-state index contributed by atoms with van der Waals surface area (Å²) in [5.41, 5.74) is 1.63. The molecular weight excluding hydrogens is 490 g/mol. The molecular formula is C22H19N7O4S2. The van der Waals surface area contributed by atoms with Gasteiger partial charge in [-0.1, -0.05) is 12.1 Å². The van der Waals surface area contributed by atoms with Crippen molar-refractivity contribution in [1.82, 2.24) is 14.3 Å². The first-order chi connectivity index (χ1) is 16.5. The topological polar surface area (TPSA) is 161 Å². The number of phenols is 1. The van der Waals surface area contributed by atoms with Crippen molar-refractivity contribution in [3.63, 3.8) is 0 Å². The molecule has 0 aliphatic carbocycles. The third kappa shape index (κ3) is 4.61. The normalized spacial score (nSPS) is 11.7. The number of aromatic nitrogens is 2. The first-order valence-corrected chi connectivity index (χ1v) is 12.7. The Morgan fingerprint density at radius 2 is 1.97 bits per heavy atom. The number of phenolic OH excluding ortho intramolecular Hbond substituents is 1. The van der Waals surface area contributed by atoms with Gasteiger partial charge in [0.2, 0.25) is 10.0 Å². The highest BCUT2D eigenvalue weighted by atomic mass is 32.2. The van der Waals surface area contributed by atoms with Gasteiger partial charge in [0, 0.05) is 24.9 Å². The number of azo groups is 1. The molecule has 178 valence electrons. The number of carbonyl (C=O) groups excluding carboxylic acids is 1.